The second-order valence-electron chi connectivity index (χ2n) is 3.95. The predicted molar refractivity (Wildman–Crippen MR) is 66.9 cm³/mol. The van der Waals surface area contributed by atoms with E-state index in [0.717, 1.165) is 16.2 Å². The third kappa shape index (κ3) is 2.59. The minimum Gasteiger partial charge on any atom is -0.479 e. The Morgan fingerprint density at radius 1 is 1.58 bits per heavy atom. The summed E-state index contributed by atoms with van der Waals surface area (Å²) in [5.74, 6) is 0. The van der Waals surface area contributed by atoms with E-state index in [-0.39, 0.29) is 0 Å². The van der Waals surface area contributed by atoms with E-state index in [9.17, 15) is 14.7 Å². The summed E-state index contributed by atoms with van der Waals surface area (Å²) in [6.45, 7) is -0.437. The zero-order valence-electron chi connectivity index (χ0n) is 9.63. The molecule has 1 aromatic heterocycles. The Morgan fingerprint density at radius 3 is 2.89 bits per heavy atom. The number of nitrogens with zero attached hydrogens (tertiary/aromatic N) is 1. The van der Waals surface area contributed by atoms with Crippen LogP contribution in [0.2, 0.25) is 0 Å². The van der Waals surface area contributed by atoms with Crippen molar-refractivity contribution in [1.82, 2.24) is 9.55 Å². The number of thiocarbonyl (C=S) groups is 1. The third-order valence-electron chi connectivity index (χ3n) is 2.83. The molecule has 0 unspecified atom stereocenters. The van der Waals surface area contributed by atoms with E-state index in [4.69, 9.17) is 14.6 Å². The molecule has 0 aliphatic carbocycles. The molecule has 1 fully saturated rings. The Morgan fingerprint density at radius 2 is 2.32 bits per heavy atom. The van der Waals surface area contributed by atoms with Gasteiger partial charge < -0.3 is 19.7 Å². The van der Waals surface area contributed by atoms with Gasteiger partial charge in [0.1, 0.15) is 17.8 Å². The van der Waals surface area contributed by atoms with Crippen molar-refractivity contribution in [3.05, 3.63) is 33.1 Å². The summed E-state index contributed by atoms with van der Waals surface area (Å²) in [6.07, 6.45) is -2.76. The molecule has 104 valence electrons. The molecule has 1 aromatic rings. The number of aliphatic hydroxyl groups excluding tert-OH is 2. The van der Waals surface area contributed by atoms with E-state index in [0.29, 0.717) is 0 Å². The molecule has 1 aliphatic heterocycles. The van der Waals surface area contributed by atoms with Crippen LogP contribution in [-0.4, -0.2) is 50.2 Å². The Bertz CT molecular complexity index is 570. The van der Waals surface area contributed by atoms with Crippen molar-refractivity contribution in [2.45, 2.75) is 24.5 Å². The number of aromatic amines is 1. The van der Waals surface area contributed by atoms with E-state index in [1.807, 2.05) is 0 Å². The van der Waals surface area contributed by atoms with Gasteiger partial charge in [-0.3, -0.25) is 14.3 Å². The predicted octanol–water partition coefficient (Wildman–Crippen LogP) is -1.87. The molecule has 0 aromatic carbocycles. The normalized spacial score (nSPS) is 30.2. The summed E-state index contributed by atoms with van der Waals surface area (Å²) in [6, 6.07) is 1.14. The largest absolute Gasteiger partial charge is 0.479 e. The van der Waals surface area contributed by atoms with E-state index in [2.05, 4.69) is 17.2 Å². The van der Waals surface area contributed by atoms with Crippen LogP contribution in [0, 0.1) is 0 Å². The lowest BCUT2D eigenvalue weighted by molar-refractivity contribution is -0.0526. The minimum absolute atomic E-state index is 0.437. The first-order chi connectivity index (χ1) is 9.08. The van der Waals surface area contributed by atoms with Crippen molar-refractivity contribution in [3.63, 3.8) is 0 Å². The van der Waals surface area contributed by atoms with Crippen LogP contribution in [0.5, 0.6) is 0 Å². The Balaban J connectivity index is 2.38. The smallest absolute Gasteiger partial charge is 0.330 e. The maximum atomic E-state index is 11.7. The van der Waals surface area contributed by atoms with Crippen LogP contribution in [0.4, 0.5) is 0 Å². The average Bonchev–Trinajstić information content (AvgIpc) is 2.68. The summed E-state index contributed by atoms with van der Waals surface area (Å²) >= 11 is 4.55. The number of hydrogen-bond acceptors (Lipinski definition) is 7. The fourth-order valence-corrected chi connectivity index (χ4v) is 2.06. The molecular weight excluding hydrogens is 276 g/mol. The molecule has 8 nitrogen and oxygen atoms in total. The molecule has 0 amide bonds. The SMILES string of the molecule is O=c1ccn([C@@H]2O[C@H](CO)[C@@H](O)[C@H]2OC=S)c(=O)[nH]1. The van der Waals surface area contributed by atoms with Crippen molar-refractivity contribution < 1.29 is 19.7 Å². The zero-order valence-corrected chi connectivity index (χ0v) is 10.4. The van der Waals surface area contributed by atoms with Gasteiger partial charge in [-0.1, -0.05) is 0 Å². The summed E-state index contributed by atoms with van der Waals surface area (Å²) in [5, 5.41) is 19.0. The van der Waals surface area contributed by atoms with Gasteiger partial charge in [0.2, 0.25) is 0 Å². The van der Waals surface area contributed by atoms with Gasteiger partial charge in [-0.05, 0) is 12.2 Å². The summed E-state index contributed by atoms with van der Waals surface area (Å²) in [7, 11) is 0. The van der Waals surface area contributed by atoms with Crippen molar-refractivity contribution in [1.29, 1.82) is 0 Å². The molecule has 0 bridgehead atoms. The molecule has 1 aliphatic rings. The fourth-order valence-electron chi connectivity index (χ4n) is 1.93. The van der Waals surface area contributed by atoms with Gasteiger partial charge in [-0.25, -0.2) is 4.79 Å². The molecule has 0 saturated carbocycles. The van der Waals surface area contributed by atoms with Crippen LogP contribution >= 0.6 is 12.2 Å². The topological polar surface area (TPSA) is 114 Å². The molecule has 3 N–H and O–H groups in total. The first-order valence-electron chi connectivity index (χ1n) is 5.43. The first-order valence-corrected chi connectivity index (χ1v) is 5.90. The third-order valence-corrected chi connectivity index (χ3v) is 2.94. The molecule has 1 saturated heterocycles. The van der Waals surface area contributed by atoms with Crippen molar-refractivity contribution in [2.75, 3.05) is 6.61 Å². The summed E-state index contributed by atoms with van der Waals surface area (Å²) < 4.78 is 11.5. The Kier molecular flexibility index (Phi) is 4.10. The fraction of sp³-hybridized carbons (Fsp3) is 0.500. The van der Waals surface area contributed by atoms with E-state index in [1.54, 1.807) is 0 Å². The van der Waals surface area contributed by atoms with E-state index in [1.165, 1.54) is 6.20 Å². The molecule has 4 atom stereocenters. The van der Waals surface area contributed by atoms with E-state index >= 15 is 0 Å². The standard InChI is InChI=1S/C10H12N2O6S/c13-3-5-7(15)8(17-4-19)9(18-5)12-2-1-6(14)11-10(12)16/h1-2,4-5,7-9,13,15H,3H2,(H,11,14,16)/t5-,7-,8-,9-/m1/s1. The zero-order chi connectivity index (χ0) is 14.0. The second-order valence-corrected chi connectivity index (χ2v) is 4.15. The van der Waals surface area contributed by atoms with Gasteiger partial charge in [-0.2, -0.15) is 0 Å². The molecule has 0 radical (unpaired) electrons. The lowest BCUT2D eigenvalue weighted by Crippen LogP contribution is -2.39. The molecule has 9 heteroatoms. The maximum Gasteiger partial charge on any atom is 0.330 e. The number of H-pyrrole nitrogens is 1. The second kappa shape index (κ2) is 5.61. The minimum atomic E-state index is -1.15. The van der Waals surface area contributed by atoms with Gasteiger partial charge >= 0.3 is 5.69 Å². The molecule has 2 heterocycles. The van der Waals surface area contributed by atoms with Crippen LogP contribution in [0.1, 0.15) is 6.23 Å². The molecule has 0 spiro atoms. The number of ether oxygens (including phenoxy) is 2. The van der Waals surface area contributed by atoms with Gasteiger partial charge in [0.25, 0.3) is 5.56 Å². The lowest BCUT2D eigenvalue weighted by atomic mass is 10.1. The molecular formula is C10H12N2O6S. The van der Waals surface area contributed by atoms with Crippen LogP contribution in [-0.2, 0) is 9.47 Å². The van der Waals surface area contributed by atoms with Gasteiger partial charge in [0.15, 0.2) is 12.3 Å². The lowest BCUT2D eigenvalue weighted by Gasteiger charge is -2.20. The number of hydrogen-bond donors (Lipinski definition) is 3. The Labute approximate surface area is 112 Å². The first kappa shape index (κ1) is 13.9. The highest BCUT2D eigenvalue weighted by Gasteiger charge is 2.46. The van der Waals surface area contributed by atoms with Crippen LogP contribution in [0.15, 0.2) is 21.9 Å². The maximum absolute atomic E-state index is 11.7. The molecule has 2 rings (SSSR count). The molecule has 19 heavy (non-hydrogen) atoms. The van der Waals surface area contributed by atoms with Crippen LogP contribution < -0.4 is 11.2 Å². The highest BCUT2D eigenvalue weighted by Crippen LogP contribution is 2.30. The highest BCUT2D eigenvalue weighted by molar-refractivity contribution is 7.78. The Hall–Kier alpha value is -1.55. The summed E-state index contributed by atoms with van der Waals surface area (Å²) in [4.78, 5) is 24.7. The monoisotopic (exact) mass is 288 g/mol. The van der Waals surface area contributed by atoms with Crippen molar-refractivity contribution >= 4 is 17.8 Å². The van der Waals surface area contributed by atoms with Gasteiger partial charge in [-0.15, -0.1) is 0 Å². The van der Waals surface area contributed by atoms with Crippen molar-refractivity contribution in [2.24, 2.45) is 0 Å². The average molecular weight is 288 g/mol. The van der Waals surface area contributed by atoms with Crippen molar-refractivity contribution in [3.8, 4) is 0 Å². The van der Waals surface area contributed by atoms with Gasteiger partial charge in [0.05, 0.1) is 6.61 Å². The number of rotatable bonds is 4. The quantitative estimate of drug-likeness (QED) is 0.556. The highest BCUT2D eigenvalue weighted by atomic mass is 32.1. The van der Waals surface area contributed by atoms with Crippen LogP contribution in [0.25, 0.3) is 0 Å². The van der Waals surface area contributed by atoms with Crippen LogP contribution in [0.3, 0.4) is 0 Å². The number of aliphatic hydroxyl groups is 2. The van der Waals surface area contributed by atoms with E-state index < -0.39 is 42.4 Å². The summed E-state index contributed by atoms with van der Waals surface area (Å²) in [5.41, 5.74) is -0.312. The van der Waals surface area contributed by atoms with Gasteiger partial charge in [0, 0.05) is 12.3 Å². The number of nitrogens with one attached hydrogen (secondary N) is 1. The number of aromatic nitrogens is 2.